The zero-order chi connectivity index (χ0) is 21.3. The molecule has 2 atom stereocenters. The number of benzene rings is 2. The smallest absolute Gasteiger partial charge is 0.0895 e. The van der Waals surface area contributed by atoms with Crippen molar-refractivity contribution in [3.05, 3.63) is 93.4 Å². The van der Waals surface area contributed by atoms with Gasteiger partial charge in [-0.1, -0.05) is 48.0 Å². The second-order valence-electron chi connectivity index (χ2n) is 7.60. The van der Waals surface area contributed by atoms with Crippen LogP contribution in [0.1, 0.15) is 34.9 Å². The first-order valence-corrected chi connectivity index (χ1v) is 10.3. The first kappa shape index (κ1) is 20.6. The van der Waals surface area contributed by atoms with Gasteiger partial charge in [-0.3, -0.25) is 5.21 Å². The summed E-state index contributed by atoms with van der Waals surface area (Å²) in [5, 5.41) is 29.9. The summed E-state index contributed by atoms with van der Waals surface area (Å²) in [5.41, 5.74) is 4.91. The Balaban J connectivity index is 1.52. The Morgan fingerprint density at radius 3 is 2.77 bits per heavy atom. The average molecular weight is 424 g/mol. The fraction of sp³-hybridized carbons (Fsp3) is 0.261. The number of allylic oxidation sites excluding steroid dienone is 1. The van der Waals surface area contributed by atoms with Gasteiger partial charge in [-0.05, 0) is 50.1 Å². The van der Waals surface area contributed by atoms with E-state index in [1.54, 1.807) is 22.9 Å². The third-order valence-electron chi connectivity index (χ3n) is 5.58. The fourth-order valence-electron chi connectivity index (χ4n) is 4.19. The van der Waals surface area contributed by atoms with Crippen LogP contribution in [0.25, 0.3) is 5.69 Å². The van der Waals surface area contributed by atoms with E-state index in [0.717, 1.165) is 40.5 Å². The lowest BCUT2D eigenvalue weighted by Gasteiger charge is -2.24. The Labute approximate surface area is 180 Å². The van der Waals surface area contributed by atoms with E-state index in [1.807, 2.05) is 38.1 Å². The van der Waals surface area contributed by atoms with E-state index in [2.05, 4.69) is 28.6 Å². The summed E-state index contributed by atoms with van der Waals surface area (Å²) in [4.78, 5) is 0. The topological polar surface area (TPSA) is 76.4 Å². The number of hydrogen-bond acceptors (Lipinski definition) is 5. The first-order chi connectivity index (χ1) is 14.4. The Morgan fingerprint density at radius 2 is 2.00 bits per heavy atom. The Morgan fingerprint density at radius 1 is 1.20 bits per heavy atom. The first-order valence-electron chi connectivity index (χ1n) is 9.92. The van der Waals surface area contributed by atoms with Crippen molar-refractivity contribution in [1.29, 1.82) is 0 Å². The van der Waals surface area contributed by atoms with Gasteiger partial charge in [-0.2, -0.15) is 5.10 Å². The third-order valence-corrected chi connectivity index (χ3v) is 5.81. The molecule has 2 N–H and O–H groups in total. The quantitative estimate of drug-likeness (QED) is 0.429. The van der Waals surface area contributed by atoms with Crippen molar-refractivity contribution in [2.75, 3.05) is 5.23 Å². The molecule has 3 aromatic rings. The maximum atomic E-state index is 11.6. The van der Waals surface area contributed by atoms with Crippen LogP contribution in [-0.4, -0.2) is 21.0 Å². The normalized spacial score (nSPS) is 18.2. The van der Waals surface area contributed by atoms with Crippen LogP contribution >= 0.6 is 11.6 Å². The average Bonchev–Trinajstić information content (AvgIpc) is 3.30. The van der Waals surface area contributed by atoms with Crippen molar-refractivity contribution in [3.63, 3.8) is 0 Å². The molecule has 1 aliphatic rings. The van der Waals surface area contributed by atoms with Crippen LogP contribution < -0.4 is 10.5 Å². The summed E-state index contributed by atoms with van der Waals surface area (Å²) < 4.78 is 1.74. The Kier molecular flexibility index (Phi) is 5.92. The lowest BCUT2D eigenvalue weighted by molar-refractivity contribution is 0.296. The molecule has 0 amide bonds. The number of nitrogens with one attached hydrogen (secondary N) is 1. The van der Waals surface area contributed by atoms with Crippen molar-refractivity contribution in [3.8, 4) is 5.69 Å². The number of para-hydroxylation sites is 2. The maximum Gasteiger partial charge on any atom is 0.0895 e. The predicted octanol–water partition coefficient (Wildman–Crippen LogP) is 5.04. The van der Waals surface area contributed by atoms with Gasteiger partial charge in [0.25, 0.3) is 0 Å². The third kappa shape index (κ3) is 4.13. The van der Waals surface area contributed by atoms with E-state index in [0.29, 0.717) is 5.69 Å². The van der Waals surface area contributed by atoms with Crippen molar-refractivity contribution >= 4 is 17.3 Å². The van der Waals surface area contributed by atoms with E-state index >= 15 is 0 Å². The van der Waals surface area contributed by atoms with Crippen molar-refractivity contribution in [1.82, 2.24) is 15.1 Å². The lowest BCUT2D eigenvalue weighted by atomic mass is 9.96. The second-order valence-corrected chi connectivity index (χ2v) is 8.04. The molecule has 2 aromatic carbocycles. The van der Waals surface area contributed by atoms with Crippen LogP contribution in [0, 0.1) is 19.1 Å². The number of anilines is 1. The maximum absolute atomic E-state index is 11.6. The number of aryl methyl sites for hydroxylation is 1. The largest absolute Gasteiger partial charge is 0.733 e. The number of rotatable bonds is 6. The summed E-state index contributed by atoms with van der Waals surface area (Å²) in [7, 11) is 0. The molecule has 4 rings (SSSR count). The van der Waals surface area contributed by atoms with Crippen LogP contribution in [0.3, 0.4) is 0 Å². The molecule has 30 heavy (non-hydrogen) atoms. The molecule has 7 heteroatoms. The lowest BCUT2D eigenvalue weighted by Crippen LogP contribution is -2.25. The minimum Gasteiger partial charge on any atom is -0.733 e. The molecular formula is C23H24ClN4O2-. The van der Waals surface area contributed by atoms with Gasteiger partial charge in [-0.15, -0.1) is 0 Å². The van der Waals surface area contributed by atoms with Crippen LogP contribution in [0.4, 0.5) is 5.69 Å². The number of nitrogens with zero attached hydrogens (tertiary/aromatic N) is 3. The monoisotopic (exact) mass is 423 g/mol. The molecule has 0 unspecified atom stereocenters. The molecule has 0 aliphatic heterocycles. The molecule has 0 saturated heterocycles. The Bertz CT molecular complexity index is 1080. The van der Waals surface area contributed by atoms with E-state index < -0.39 is 0 Å². The highest BCUT2D eigenvalue weighted by Crippen LogP contribution is 2.35. The minimum atomic E-state index is -0.114. The molecule has 1 heterocycles. The van der Waals surface area contributed by atoms with Crippen LogP contribution in [-0.2, 0) is 6.54 Å². The van der Waals surface area contributed by atoms with E-state index in [1.165, 1.54) is 0 Å². The molecular weight excluding hydrogens is 400 g/mol. The van der Waals surface area contributed by atoms with Crippen LogP contribution in [0.5, 0.6) is 0 Å². The van der Waals surface area contributed by atoms with Gasteiger partial charge < -0.3 is 15.8 Å². The van der Waals surface area contributed by atoms with Gasteiger partial charge in [0, 0.05) is 34.8 Å². The van der Waals surface area contributed by atoms with Gasteiger partial charge in [0.1, 0.15) is 0 Å². The SMILES string of the molecule is Cc1nn(-c2ccccc2N([O-])O)c(C)c1[C@@H]1C=C[C@@H](NCc2cccc(Cl)c2)C1. The number of halogens is 1. The van der Waals surface area contributed by atoms with Gasteiger partial charge >= 0.3 is 0 Å². The molecule has 0 saturated carbocycles. The fourth-order valence-corrected chi connectivity index (χ4v) is 4.40. The molecule has 1 aromatic heterocycles. The molecule has 156 valence electrons. The Hall–Kier alpha value is -2.64. The zero-order valence-corrected chi connectivity index (χ0v) is 17.7. The predicted molar refractivity (Wildman–Crippen MR) is 119 cm³/mol. The van der Waals surface area contributed by atoms with Crippen LogP contribution in [0.15, 0.2) is 60.7 Å². The van der Waals surface area contributed by atoms with Gasteiger partial charge in [-0.25, -0.2) is 4.68 Å². The molecule has 0 bridgehead atoms. The summed E-state index contributed by atoms with van der Waals surface area (Å²) in [6, 6.07) is 15.0. The molecule has 1 aliphatic carbocycles. The zero-order valence-electron chi connectivity index (χ0n) is 16.9. The highest BCUT2D eigenvalue weighted by Gasteiger charge is 2.26. The molecule has 0 radical (unpaired) electrons. The number of hydrogen-bond donors (Lipinski definition) is 2. The van der Waals surface area contributed by atoms with Gasteiger partial charge in [0.05, 0.1) is 17.1 Å². The molecule has 6 nitrogen and oxygen atoms in total. The van der Waals surface area contributed by atoms with Gasteiger partial charge in [0.15, 0.2) is 0 Å². The van der Waals surface area contributed by atoms with Crippen molar-refractivity contribution < 1.29 is 5.21 Å². The molecule has 0 fully saturated rings. The highest BCUT2D eigenvalue weighted by molar-refractivity contribution is 6.30. The standard InChI is InChI=1S/C23H24ClN4O2/c1-15-23(16(2)27(26-15)21-8-3-4-9-22(21)28(29)30)18-10-11-20(13-18)25-14-17-6-5-7-19(24)12-17/h3-12,18,20,25,29H,13-14H2,1-2H3/q-1/t18-,20-/m1/s1. The van der Waals surface area contributed by atoms with E-state index in [4.69, 9.17) is 11.6 Å². The summed E-state index contributed by atoms with van der Waals surface area (Å²) >= 11 is 6.07. The van der Waals surface area contributed by atoms with Crippen molar-refractivity contribution in [2.45, 2.75) is 38.8 Å². The molecule has 0 spiro atoms. The number of aromatic nitrogens is 2. The van der Waals surface area contributed by atoms with Gasteiger partial charge in [0.2, 0.25) is 0 Å². The van der Waals surface area contributed by atoms with E-state index in [9.17, 15) is 10.4 Å². The summed E-state index contributed by atoms with van der Waals surface area (Å²) in [5.74, 6) is 0.236. The second kappa shape index (κ2) is 8.62. The highest BCUT2D eigenvalue weighted by atomic mass is 35.5. The summed E-state index contributed by atoms with van der Waals surface area (Å²) in [6.07, 6.45) is 5.35. The minimum absolute atomic E-state index is 0.114. The van der Waals surface area contributed by atoms with Crippen LogP contribution in [0.2, 0.25) is 5.02 Å². The van der Waals surface area contributed by atoms with Crippen molar-refractivity contribution in [2.24, 2.45) is 0 Å². The van der Waals surface area contributed by atoms with E-state index in [-0.39, 0.29) is 22.9 Å². The summed E-state index contributed by atoms with van der Waals surface area (Å²) in [6.45, 7) is 4.73.